The Balaban J connectivity index is 0.00000200. The normalized spacial score (nSPS) is 11.9. The molecule has 0 fully saturated rings. The summed E-state index contributed by atoms with van der Waals surface area (Å²) >= 11 is 0. The number of nitrogens with one attached hydrogen (secondary N) is 1. The van der Waals surface area contributed by atoms with Gasteiger partial charge in [-0.15, -0.1) is 17.5 Å². The number of pyridine rings is 1. The van der Waals surface area contributed by atoms with E-state index < -0.39 is 0 Å². The molecule has 2 rings (SSSR count). The van der Waals surface area contributed by atoms with Crippen LogP contribution in [-0.4, -0.2) is 32.7 Å². The number of halogens is 1. The van der Waals surface area contributed by atoms with E-state index in [1.165, 1.54) is 4.40 Å². The van der Waals surface area contributed by atoms with Gasteiger partial charge in [0.15, 0.2) is 5.65 Å². The van der Waals surface area contributed by atoms with Gasteiger partial charge < -0.3 is 11.1 Å². The molecule has 0 saturated carbocycles. The smallest absolute Gasteiger partial charge is 0.350 e. The number of amides is 1. The Labute approximate surface area is 122 Å². The second-order valence-electron chi connectivity index (χ2n) is 4.48. The first-order chi connectivity index (χ1) is 9.08. The minimum atomic E-state index is -0.321. The molecule has 20 heavy (non-hydrogen) atoms. The van der Waals surface area contributed by atoms with Crippen molar-refractivity contribution in [3.05, 3.63) is 34.9 Å². The Morgan fingerprint density at radius 3 is 2.90 bits per heavy atom. The third kappa shape index (κ3) is 3.82. The maximum Gasteiger partial charge on any atom is 0.350 e. The second-order valence-corrected chi connectivity index (χ2v) is 4.48. The van der Waals surface area contributed by atoms with Crippen LogP contribution >= 0.6 is 12.4 Å². The summed E-state index contributed by atoms with van der Waals surface area (Å²) in [7, 11) is 0. The lowest BCUT2D eigenvalue weighted by Gasteiger charge is -2.06. The van der Waals surface area contributed by atoms with Gasteiger partial charge in [0.1, 0.15) is 6.54 Å². The average molecular weight is 300 g/mol. The minimum absolute atomic E-state index is 0. The zero-order valence-electron chi connectivity index (χ0n) is 11.2. The fraction of sp³-hybridized carbons (Fsp3) is 0.417. The molecule has 0 bridgehead atoms. The Kier molecular flexibility index (Phi) is 5.72. The minimum Gasteiger partial charge on any atom is -0.354 e. The molecule has 2 aromatic heterocycles. The first-order valence-electron chi connectivity index (χ1n) is 6.14. The molecule has 0 radical (unpaired) electrons. The zero-order chi connectivity index (χ0) is 13.8. The molecule has 1 amide bonds. The van der Waals surface area contributed by atoms with Crippen molar-refractivity contribution in [3.8, 4) is 0 Å². The van der Waals surface area contributed by atoms with Crippen LogP contribution in [0.25, 0.3) is 5.65 Å². The van der Waals surface area contributed by atoms with Crippen LogP contribution in [0.1, 0.15) is 13.3 Å². The van der Waals surface area contributed by atoms with Gasteiger partial charge in [-0.25, -0.2) is 9.48 Å². The van der Waals surface area contributed by atoms with Crippen LogP contribution in [-0.2, 0) is 11.3 Å². The topological polar surface area (TPSA) is 94.4 Å². The van der Waals surface area contributed by atoms with Gasteiger partial charge in [0.05, 0.1) is 0 Å². The van der Waals surface area contributed by atoms with Crippen LogP contribution in [0.3, 0.4) is 0 Å². The van der Waals surface area contributed by atoms with E-state index in [0.29, 0.717) is 18.6 Å². The van der Waals surface area contributed by atoms with Gasteiger partial charge in [-0.3, -0.25) is 9.20 Å². The number of aromatic nitrogens is 3. The van der Waals surface area contributed by atoms with E-state index in [1.54, 1.807) is 24.4 Å². The molecule has 8 heteroatoms. The van der Waals surface area contributed by atoms with Crippen LogP contribution in [0.2, 0.25) is 0 Å². The van der Waals surface area contributed by atoms with Crippen molar-refractivity contribution in [1.29, 1.82) is 0 Å². The van der Waals surface area contributed by atoms with Crippen molar-refractivity contribution < 1.29 is 4.79 Å². The first kappa shape index (κ1) is 16.2. The maximum atomic E-state index is 11.9. The average Bonchev–Trinajstić information content (AvgIpc) is 2.66. The molecule has 0 aromatic carbocycles. The molecule has 2 heterocycles. The highest BCUT2D eigenvalue weighted by Gasteiger charge is 2.09. The second kappa shape index (κ2) is 7.06. The Bertz CT molecular complexity index is 634. The number of hydrogen-bond acceptors (Lipinski definition) is 4. The molecule has 3 N–H and O–H groups in total. The van der Waals surface area contributed by atoms with Gasteiger partial charge in [-0.05, 0) is 25.5 Å². The summed E-state index contributed by atoms with van der Waals surface area (Å²) in [6.07, 6.45) is 2.32. The van der Waals surface area contributed by atoms with Crippen molar-refractivity contribution in [2.45, 2.75) is 25.9 Å². The van der Waals surface area contributed by atoms with Crippen LogP contribution < -0.4 is 16.7 Å². The molecule has 1 unspecified atom stereocenters. The Hall–Kier alpha value is -1.86. The monoisotopic (exact) mass is 299 g/mol. The van der Waals surface area contributed by atoms with E-state index >= 15 is 0 Å². The summed E-state index contributed by atoms with van der Waals surface area (Å²) in [4.78, 5) is 23.6. The largest absolute Gasteiger partial charge is 0.354 e. The van der Waals surface area contributed by atoms with Gasteiger partial charge in [0.25, 0.3) is 0 Å². The number of nitrogens with zero attached hydrogens (tertiary/aromatic N) is 3. The molecular weight excluding hydrogens is 282 g/mol. The van der Waals surface area contributed by atoms with Gasteiger partial charge in [0, 0.05) is 18.8 Å². The number of hydrogen-bond donors (Lipinski definition) is 2. The number of carbonyl (C=O) groups excluding carboxylic acids is 1. The molecule has 0 aliphatic carbocycles. The predicted octanol–water partition coefficient (Wildman–Crippen LogP) is -0.229. The van der Waals surface area contributed by atoms with E-state index in [1.807, 2.05) is 6.92 Å². The molecule has 110 valence electrons. The number of fused-ring (bicyclic) bond motifs is 1. The SMILES string of the molecule is CC(N)CCNC(=O)Cn1nc2ccccn2c1=O.Cl. The van der Waals surface area contributed by atoms with Crippen LogP contribution in [0.15, 0.2) is 29.2 Å². The number of nitrogens with two attached hydrogens (primary N) is 1. The molecule has 2 aromatic rings. The Morgan fingerprint density at radius 2 is 2.25 bits per heavy atom. The van der Waals surface area contributed by atoms with Crippen LogP contribution in [0.5, 0.6) is 0 Å². The first-order valence-corrected chi connectivity index (χ1v) is 6.14. The van der Waals surface area contributed by atoms with E-state index in [0.717, 1.165) is 4.68 Å². The zero-order valence-corrected chi connectivity index (χ0v) is 12.0. The maximum absolute atomic E-state index is 11.9. The standard InChI is InChI=1S/C12H17N5O2.ClH/c1-9(13)5-6-14-11(18)8-17-12(19)16-7-3-2-4-10(16)15-17;/h2-4,7,9H,5-6,8,13H2,1H3,(H,14,18);1H. The molecule has 1 atom stereocenters. The van der Waals surface area contributed by atoms with Gasteiger partial charge in [0.2, 0.25) is 5.91 Å². The van der Waals surface area contributed by atoms with Gasteiger partial charge in [-0.1, -0.05) is 6.07 Å². The summed E-state index contributed by atoms with van der Waals surface area (Å²) in [5.74, 6) is -0.244. The third-order valence-corrected chi connectivity index (χ3v) is 2.70. The Morgan fingerprint density at radius 1 is 1.50 bits per heavy atom. The highest BCUT2D eigenvalue weighted by molar-refractivity contribution is 5.85. The predicted molar refractivity (Wildman–Crippen MR) is 78.0 cm³/mol. The molecule has 7 nitrogen and oxygen atoms in total. The van der Waals surface area contributed by atoms with Crippen LogP contribution in [0.4, 0.5) is 0 Å². The summed E-state index contributed by atoms with van der Waals surface area (Å²) < 4.78 is 2.55. The van der Waals surface area contributed by atoms with Crippen molar-refractivity contribution in [2.75, 3.05) is 6.54 Å². The van der Waals surface area contributed by atoms with E-state index in [-0.39, 0.29) is 36.6 Å². The fourth-order valence-corrected chi connectivity index (χ4v) is 1.70. The van der Waals surface area contributed by atoms with Gasteiger partial charge in [-0.2, -0.15) is 0 Å². The highest BCUT2D eigenvalue weighted by Crippen LogP contribution is 1.94. The summed E-state index contributed by atoms with van der Waals surface area (Å²) in [5, 5.41) is 6.78. The molecule has 0 saturated heterocycles. The van der Waals surface area contributed by atoms with Crippen molar-refractivity contribution >= 4 is 24.0 Å². The lowest BCUT2D eigenvalue weighted by Crippen LogP contribution is -2.34. The fourth-order valence-electron chi connectivity index (χ4n) is 1.70. The summed E-state index contributed by atoms with van der Waals surface area (Å²) in [5.41, 5.74) is 5.79. The molecule has 0 aliphatic rings. The number of rotatable bonds is 5. The third-order valence-electron chi connectivity index (χ3n) is 2.70. The highest BCUT2D eigenvalue weighted by atomic mass is 35.5. The van der Waals surface area contributed by atoms with Crippen molar-refractivity contribution in [1.82, 2.24) is 19.5 Å². The van der Waals surface area contributed by atoms with E-state index in [4.69, 9.17) is 5.73 Å². The van der Waals surface area contributed by atoms with Crippen molar-refractivity contribution in [3.63, 3.8) is 0 Å². The van der Waals surface area contributed by atoms with Crippen LogP contribution in [0, 0.1) is 0 Å². The van der Waals surface area contributed by atoms with Gasteiger partial charge >= 0.3 is 5.69 Å². The van der Waals surface area contributed by atoms with E-state index in [2.05, 4.69) is 10.4 Å². The lowest BCUT2D eigenvalue weighted by molar-refractivity contribution is -0.121. The summed E-state index contributed by atoms with van der Waals surface area (Å²) in [6.45, 7) is 2.29. The quantitative estimate of drug-likeness (QED) is 0.797. The van der Waals surface area contributed by atoms with Crippen molar-refractivity contribution in [2.24, 2.45) is 5.73 Å². The number of carbonyl (C=O) groups is 1. The summed E-state index contributed by atoms with van der Waals surface area (Å²) in [6, 6.07) is 5.28. The molecule has 0 aliphatic heterocycles. The van der Waals surface area contributed by atoms with E-state index in [9.17, 15) is 9.59 Å². The lowest BCUT2D eigenvalue weighted by atomic mass is 10.2. The molecular formula is C12H18ClN5O2. The molecule has 0 spiro atoms.